The van der Waals surface area contributed by atoms with Crippen LogP contribution in [0.15, 0.2) is 41.9 Å². The number of hydrogen-bond acceptors (Lipinski definition) is 5. The van der Waals surface area contributed by atoms with E-state index in [1.165, 1.54) is 23.5 Å². The van der Waals surface area contributed by atoms with Gasteiger partial charge in [-0.2, -0.15) is 5.26 Å². The molecule has 0 spiro atoms. The summed E-state index contributed by atoms with van der Waals surface area (Å²) in [7, 11) is 0. The number of hydrogen-bond donors (Lipinski definition) is 3. The molecule has 6 nitrogen and oxygen atoms in total. The number of aromatic amines is 1. The van der Waals surface area contributed by atoms with Gasteiger partial charge in [-0.1, -0.05) is 0 Å². The van der Waals surface area contributed by atoms with E-state index in [4.69, 9.17) is 5.73 Å². The average molecular weight is 336 g/mol. The lowest BCUT2D eigenvalue weighted by Crippen LogP contribution is -2.11. The summed E-state index contributed by atoms with van der Waals surface area (Å²) in [5.74, 6) is -0.889. The van der Waals surface area contributed by atoms with E-state index in [2.05, 4.69) is 16.0 Å². The van der Waals surface area contributed by atoms with Crippen LogP contribution in [0.3, 0.4) is 0 Å². The van der Waals surface area contributed by atoms with Crippen molar-refractivity contribution < 1.29 is 9.90 Å². The van der Waals surface area contributed by atoms with Crippen LogP contribution in [0.5, 0.6) is 5.75 Å². The van der Waals surface area contributed by atoms with Crippen LogP contribution in [0.1, 0.15) is 21.1 Å². The lowest BCUT2D eigenvalue weighted by Gasteiger charge is -2.02. The predicted octanol–water partition coefficient (Wildman–Crippen LogP) is 3.01. The number of aromatic hydroxyl groups is 1. The molecule has 0 unspecified atom stereocenters. The zero-order valence-corrected chi connectivity index (χ0v) is 13.2. The molecule has 118 valence electrons. The maximum absolute atomic E-state index is 11.3. The number of carbonyl (C=O) groups excluding carboxylic acids is 1. The molecule has 0 radical (unpaired) electrons. The van der Waals surface area contributed by atoms with E-state index in [-0.39, 0.29) is 11.3 Å². The van der Waals surface area contributed by atoms with Gasteiger partial charge in [0.2, 0.25) is 0 Å². The minimum atomic E-state index is -0.714. The molecular formula is C17H12N4O2S. The van der Waals surface area contributed by atoms with Crippen LogP contribution in [0, 0.1) is 11.3 Å². The molecule has 7 heteroatoms. The second-order valence-electron chi connectivity index (χ2n) is 4.93. The minimum absolute atomic E-state index is 0.0319. The van der Waals surface area contributed by atoms with Gasteiger partial charge in [0.25, 0.3) is 5.91 Å². The number of benzene rings is 1. The normalized spacial score (nSPS) is 11.2. The van der Waals surface area contributed by atoms with Crippen LogP contribution in [-0.2, 0) is 0 Å². The van der Waals surface area contributed by atoms with Gasteiger partial charge < -0.3 is 15.8 Å². The van der Waals surface area contributed by atoms with Crippen molar-refractivity contribution in [3.05, 3.63) is 58.2 Å². The number of nitrogens with zero attached hydrogens (tertiary/aromatic N) is 2. The molecule has 3 rings (SSSR count). The van der Waals surface area contributed by atoms with Gasteiger partial charge in [0.05, 0.1) is 16.8 Å². The SMILES string of the molecule is N#C/C(=C\c1ccc[nH]1)c1nc(-c2ccc(O)c(C(N)=O)c2)cs1. The van der Waals surface area contributed by atoms with Crippen molar-refractivity contribution in [2.75, 3.05) is 0 Å². The van der Waals surface area contributed by atoms with Crippen LogP contribution >= 0.6 is 11.3 Å². The first kappa shape index (κ1) is 15.5. The van der Waals surface area contributed by atoms with Crippen LogP contribution in [-0.4, -0.2) is 21.0 Å². The van der Waals surface area contributed by atoms with Gasteiger partial charge in [0.15, 0.2) is 0 Å². The van der Waals surface area contributed by atoms with E-state index in [1.807, 2.05) is 12.1 Å². The molecule has 0 saturated heterocycles. The predicted molar refractivity (Wildman–Crippen MR) is 92.0 cm³/mol. The first-order valence-corrected chi connectivity index (χ1v) is 7.80. The number of nitrogens with two attached hydrogens (primary N) is 1. The van der Waals surface area contributed by atoms with E-state index < -0.39 is 5.91 Å². The number of nitrogens with one attached hydrogen (secondary N) is 1. The highest BCUT2D eigenvalue weighted by Gasteiger charge is 2.13. The molecule has 0 fully saturated rings. The maximum Gasteiger partial charge on any atom is 0.252 e. The monoisotopic (exact) mass is 336 g/mol. The van der Waals surface area contributed by atoms with E-state index in [0.717, 1.165) is 5.69 Å². The third-order valence-corrected chi connectivity index (χ3v) is 4.21. The summed E-state index contributed by atoms with van der Waals surface area (Å²) in [6.45, 7) is 0. The van der Waals surface area contributed by atoms with Crippen LogP contribution in [0.2, 0.25) is 0 Å². The molecule has 2 aromatic heterocycles. The highest BCUT2D eigenvalue weighted by atomic mass is 32.1. The Hall–Kier alpha value is -3.37. The fourth-order valence-corrected chi connectivity index (χ4v) is 2.95. The molecule has 3 aromatic rings. The van der Waals surface area contributed by atoms with Crippen LogP contribution < -0.4 is 5.73 Å². The summed E-state index contributed by atoms with van der Waals surface area (Å²) in [6, 6.07) is 10.4. The van der Waals surface area contributed by atoms with Gasteiger partial charge >= 0.3 is 0 Å². The number of nitriles is 1. The number of primary amides is 1. The Bertz CT molecular complexity index is 965. The van der Waals surface area contributed by atoms with Gasteiger partial charge in [-0.05, 0) is 36.4 Å². The Morgan fingerprint density at radius 3 is 2.92 bits per heavy atom. The second-order valence-corrected chi connectivity index (χ2v) is 5.79. The highest BCUT2D eigenvalue weighted by Crippen LogP contribution is 2.29. The van der Waals surface area contributed by atoms with Gasteiger partial charge in [-0.25, -0.2) is 4.98 Å². The van der Waals surface area contributed by atoms with Gasteiger partial charge in [-0.15, -0.1) is 11.3 Å². The fraction of sp³-hybridized carbons (Fsp3) is 0. The Balaban J connectivity index is 1.98. The molecule has 24 heavy (non-hydrogen) atoms. The molecule has 2 heterocycles. The van der Waals surface area contributed by atoms with E-state index >= 15 is 0 Å². The molecule has 1 aromatic carbocycles. The quantitative estimate of drug-likeness (QED) is 0.635. The molecule has 4 N–H and O–H groups in total. The van der Waals surface area contributed by atoms with Gasteiger partial charge in [-0.3, -0.25) is 4.79 Å². The van der Waals surface area contributed by atoms with E-state index in [1.54, 1.807) is 23.7 Å². The molecule has 0 atom stereocenters. The summed E-state index contributed by atoms with van der Waals surface area (Å²) >= 11 is 1.32. The molecule has 0 saturated carbocycles. The Labute approximate surface area is 141 Å². The molecular weight excluding hydrogens is 324 g/mol. The lowest BCUT2D eigenvalue weighted by atomic mass is 10.1. The smallest absolute Gasteiger partial charge is 0.252 e. The topological polar surface area (TPSA) is 116 Å². The Kier molecular flexibility index (Phi) is 4.14. The number of allylic oxidation sites excluding steroid dienone is 1. The minimum Gasteiger partial charge on any atom is -0.507 e. The first-order chi connectivity index (χ1) is 11.6. The number of thiazole rings is 1. The van der Waals surface area contributed by atoms with Crippen molar-refractivity contribution in [3.63, 3.8) is 0 Å². The fourth-order valence-electron chi connectivity index (χ4n) is 2.15. The van der Waals surface area contributed by atoms with Crippen LogP contribution in [0.25, 0.3) is 22.9 Å². The highest BCUT2D eigenvalue weighted by molar-refractivity contribution is 7.11. The van der Waals surface area contributed by atoms with Crippen LogP contribution in [0.4, 0.5) is 0 Å². The van der Waals surface area contributed by atoms with Crippen molar-refractivity contribution in [1.29, 1.82) is 5.26 Å². The summed E-state index contributed by atoms with van der Waals surface area (Å²) in [5.41, 5.74) is 7.76. The molecule has 0 aliphatic heterocycles. The number of phenols is 1. The van der Waals surface area contributed by atoms with E-state index in [9.17, 15) is 15.2 Å². The van der Waals surface area contributed by atoms with Gasteiger partial charge in [0, 0.05) is 22.8 Å². The number of amides is 1. The molecule has 0 bridgehead atoms. The third-order valence-electron chi connectivity index (χ3n) is 3.33. The Morgan fingerprint density at radius 2 is 2.25 bits per heavy atom. The standard InChI is InChI=1S/C17H12N4O2S/c18-8-11(6-12-2-1-5-20-12)17-21-14(9-24-17)10-3-4-15(22)13(7-10)16(19)23/h1-7,9,20,22H,(H2,19,23)/b11-6+. The molecule has 0 aliphatic rings. The lowest BCUT2D eigenvalue weighted by molar-refractivity contribution is 0.0998. The Morgan fingerprint density at radius 1 is 1.42 bits per heavy atom. The third kappa shape index (κ3) is 3.04. The largest absolute Gasteiger partial charge is 0.507 e. The molecule has 0 aliphatic carbocycles. The zero-order chi connectivity index (χ0) is 17.1. The van der Waals surface area contributed by atoms with Crippen molar-refractivity contribution >= 4 is 28.9 Å². The van der Waals surface area contributed by atoms with Crippen molar-refractivity contribution in [2.24, 2.45) is 5.73 Å². The summed E-state index contributed by atoms with van der Waals surface area (Å²) < 4.78 is 0. The second kappa shape index (κ2) is 6.40. The van der Waals surface area contributed by atoms with Crippen molar-refractivity contribution in [1.82, 2.24) is 9.97 Å². The van der Waals surface area contributed by atoms with Crippen molar-refractivity contribution in [3.8, 4) is 23.1 Å². The summed E-state index contributed by atoms with van der Waals surface area (Å²) in [5, 5.41) is 21.4. The summed E-state index contributed by atoms with van der Waals surface area (Å²) in [6.07, 6.45) is 3.49. The van der Waals surface area contributed by atoms with Crippen molar-refractivity contribution in [2.45, 2.75) is 0 Å². The number of rotatable bonds is 4. The summed E-state index contributed by atoms with van der Waals surface area (Å²) in [4.78, 5) is 18.8. The average Bonchev–Trinajstić information content (AvgIpc) is 3.24. The number of H-pyrrole nitrogens is 1. The zero-order valence-electron chi connectivity index (χ0n) is 12.4. The number of aromatic nitrogens is 2. The maximum atomic E-state index is 11.3. The van der Waals surface area contributed by atoms with Gasteiger partial charge in [0.1, 0.15) is 16.8 Å². The number of carbonyl (C=O) groups is 1. The first-order valence-electron chi connectivity index (χ1n) is 6.93. The van der Waals surface area contributed by atoms with E-state index in [0.29, 0.717) is 21.8 Å². The molecule has 1 amide bonds.